The molecule has 0 saturated heterocycles. The highest BCUT2D eigenvalue weighted by atomic mass is 16.5. The van der Waals surface area contributed by atoms with E-state index in [9.17, 15) is 0 Å². The number of nitrogens with zero attached hydrogens (tertiary/aromatic N) is 2. The zero-order valence-electron chi connectivity index (χ0n) is 10.6. The second kappa shape index (κ2) is 6.74. The smallest absolute Gasteiger partial charge is 0.226 e. The Kier molecular flexibility index (Phi) is 5.28. The summed E-state index contributed by atoms with van der Waals surface area (Å²) >= 11 is 0. The van der Waals surface area contributed by atoms with Crippen LogP contribution < -0.4 is 10.1 Å². The highest BCUT2D eigenvalue weighted by molar-refractivity contribution is 5.29. The fourth-order valence-corrected chi connectivity index (χ4v) is 1.34. The maximum absolute atomic E-state index is 5.50. The molecule has 1 aromatic rings. The predicted molar refractivity (Wildman–Crippen MR) is 68.9 cm³/mol. The van der Waals surface area contributed by atoms with E-state index in [1.54, 1.807) is 12.3 Å². The predicted octanol–water partition coefficient (Wildman–Crippen LogP) is 2.48. The summed E-state index contributed by atoms with van der Waals surface area (Å²) in [5.41, 5.74) is 0. The Morgan fingerprint density at radius 2 is 2.29 bits per heavy atom. The number of terminal acetylenes is 1. The van der Waals surface area contributed by atoms with Crippen LogP contribution in [0.1, 0.15) is 33.6 Å². The Labute approximate surface area is 103 Å². The van der Waals surface area contributed by atoms with E-state index in [2.05, 4.69) is 28.1 Å². The molecule has 0 aromatic carbocycles. The van der Waals surface area contributed by atoms with Gasteiger partial charge in [-0.05, 0) is 20.3 Å². The van der Waals surface area contributed by atoms with Gasteiger partial charge in [-0.1, -0.05) is 6.92 Å². The van der Waals surface area contributed by atoms with Gasteiger partial charge in [-0.2, -0.15) is 4.98 Å². The third-order valence-electron chi connectivity index (χ3n) is 2.18. The molecule has 1 heterocycles. The van der Waals surface area contributed by atoms with E-state index in [1.807, 2.05) is 13.8 Å². The van der Waals surface area contributed by atoms with Crippen molar-refractivity contribution >= 4 is 5.95 Å². The van der Waals surface area contributed by atoms with Gasteiger partial charge in [-0.15, -0.1) is 12.3 Å². The second-order valence-electron chi connectivity index (χ2n) is 4.04. The maximum Gasteiger partial charge on any atom is 0.226 e. The molecule has 1 unspecified atom stereocenters. The van der Waals surface area contributed by atoms with E-state index < -0.39 is 0 Å². The summed E-state index contributed by atoms with van der Waals surface area (Å²) in [5.74, 6) is 3.77. The standard InChI is InChI=1S/C13H19N3O/c1-5-7-11(6-2)15-13-14-9-8-12(16-13)17-10(3)4/h1,8-11H,6-7H2,2-4H3,(H,14,15,16). The molecular weight excluding hydrogens is 214 g/mol. The van der Waals surface area contributed by atoms with Gasteiger partial charge in [0, 0.05) is 24.7 Å². The Morgan fingerprint density at radius 1 is 1.53 bits per heavy atom. The number of ether oxygens (including phenoxy) is 1. The van der Waals surface area contributed by atoms with Crippen molar-refractivity contribution in [1.82, 2.24) is 9.97 Å². The summed E-state index contributed by atoms with van der Waals surface area (Å²) in [7, 11) is 0. The van der Waals surface area contributed by atoms with Crippen molar-refractivity contribution in [2.24, 2.45) is 0 Å². The van der Waals surface area contributed by atoms with Crippen LogP contribution in [0.15, 0.2) is 12.3 Å². The molecule has 0 saturated carbocycles. The van der Waals surface area contributed by atoms with E-state index in [1.165, 1.54) is 0 Å². The molecule has 0 amide bonds. The fourth-order valence-electron chi connectivity index (χ4n) is 1.34. The van der Waals surface area contributed by atoms with Crippen LogP contribution >= 0.6 is 0 Å². The molecule has 0 aliphatic carbocycles. The highest BCUT2D eigenvalue weighted by Gasteiger charge is 2.07. The van der Waals surface area contributed by atoms with Gasteiger partial charge in [-0.3, -0.25) is 0 Å². The second-order valence-corrected chi connectivity index (χ2v) is 4.04. The van der Waals surface area contributed by atoms with Crippen molar-refractivity contribution in [3.8, 4) is 18.2 Å². The van der Waals surface area contributed by atoms with Crippen LogP contribution in [0.25, 0.3) is 0 Å². The van der Waals surface area contributed by atoms with Crippen molar-refractivity contribution in [1.29, 1.82) is 0 Å². The molecule has 0 aliphatic heterocycles. The maximum atomic E-state index is 5.50. The van der Waals surface area contributed by atoms with Crippen LogP contribution in [-0.4, -0.2) is 22.1 Å². The molecule has 0 spiro atoms. The molecule has 1 atom stereocenters. The fraction of sp³-hybridized carbons (Fsp3) is 0.538. The molecule has 1 aromatic heterocycles. The van der Waals surface area contributed by atoms with E-state index in [-0.39, 0.29) is 12.1 Å². The minimum absolute atomic E-state index is 0.102. The van der Waals surface area contributed by atoms with Crippen molar-refractivity contribution in [2.75, 3.05) is 5.32 Å². The lowest BCUT2D eigenvalue weighted by Gasteiger charge is -2.15. The zero-order chi connectivity index (χ0) is 12.7. The minimum atomic E-state index is 0.102. The van der Waals surface area contributed by atoms with Crippen LogP contribution in [0.3, 0.4) is 0 Å². The van der Waals surface area contributed by atoms with Crippen molar-refractivity contribution < 1.29 is 4.74 Å². The number of hydrogen-bond donors (Lipinski definition) is 1. The van der Waals surface area contributed by atoms with Gasteiger partial charge in [-0.25, -0.2) is 4.98 Å². The highest BCUT2D eigenvalue weighted by Crippen LogP contribution is 2.12. The molecule has 17 heavy (non-hydrogen) atoms. The summed E-state index contributed by atoms with van der Waals surface area (Å²) < 4.78 is 5.50. The first-order valence-corrected chi connectivity index (χ1v) is 5.85. The Morgan fingerprint density at radius 3 is 2.88 bits per heavy atom. The summed E-state index contributed by atoms with van der Waals surface area (Å²) in [4.78, 5) is 8.42. The SMILES string of the molecule is C#CCC(CC)Nc1nccc(OC(C)C)n1. The first-order chi connectivity index (χ1) is 8.15. The summed E-state index contributed by atoms with van der Waals surface area (Å²) in [6.45, 7) is 5.99. The molecule has 92 valence electrons. The monoisotopic (exact) mass is 233 g/mol. The van der Waals surface area contributed by atoms with Crippen LogP contribution in [0.5, 0.6) is 5.88 Å². The van der Waals surface area contributed by atoms with Gasteiger partial charge in [0.1, 0.15) is 0 Å². The Balaban J connectivity index is 2.67. The summed E-state index contributed by atoms with van der Waals surface area (Å²) in [6, 6.07) is 1.95. The van der Waals surface area contributed by atoms with Gasteiger partial charge in [0.15, 0.2) is 0 Å². The van der Waals surface area contributed by atoms with Crippen LogP contribution in [0, 0.1) is 12.3 Å². The zero-order valence-corrected chi connectivity index (χ0v) is 10.6. The lowest BCUT2D eigenvalue weighted by Crippen LogP contribution is -2.19. The van der Waals surface area contributed by atoms with E-state index in [0.29, 0.717) is 18.2 Å². The van der Waals surface area contributed by atoms with Crippen molar-refractivity contribution in [3.63, 3.8) is 0 Å². The van der Waals surface area contributed by atoms with Crippen LogP contribution in [0.4, 0.5) is 5.95 Å². The third-order valence-corrected chi connectivity index (χ3v) is 2.18. The van der Waals surface area contributed by atoms with E-state index in [4.69, 9.17) is 11.2 Å². The largest absolute Gasteiger partial charge is 0.475 e. The molecule has 1 N–H and O–H groups in total. The minimum Gasteiger partial charge on any atom is -0.475 e. The van der Waals surface area contributed by atoms with Gasteiger partial charge < -0.3 is 10.1 Å². The number of hydrogen-bond acceptors (Lipinski definition) is 4. The van der Waals surface area contributed by atoms with Crippen molar-refractivity contribution in [2.45, 2.75) is 45.8 Å². The molecule has 4 heteroatoms. The number of aromatic nitrogens is 2. The lowest BCUT2D eigenvalue weighted by molar-refractivity contribution is 0.232. The van der Waals surface area contributed by atoms with Crippen LogP contribution in [0.2, 0.25) is 0 Å². The average molecular weight is 233 g/mol. The topological polar surface area (TPSA) is 47.0 Å². The third kappa shape index (κ3) is 4.73. The van der Waals surface area contributed by atoms with E-state index >= 15 is 0 Å². The van der Waals surface area contributed by atoms with Gasteiger partial charge in [0.05, 0.1) is 6.10 Å². The van der Waals surface area contributed by atoms with Gasteiger partial charge in [0.2, 0.25) is 11.8 Å². The first-order valence-electron chi connectivity index (χ1n) is 5.85. The number of nitrogens with one attached hydrogen (secondary N) is 1. The summed E-state index contributed by atoms with van der Waals surface area (Å²) in [5, 5.41) is 3.20. The molecule has 1 rings (SSSR count). The van der Waals surface area contributed by atoms with Gasteiger partial charge >= 0.3 is 0 Å². The summed E-state index contributed by atoms with van der Waals surface area (Å²) in [6.07, 6.45) is 8.67. The van der Waals surface area contributed by atoms with E-state index in [0.717, 1.165) is 6.42 Å². The Hall–Kier alpha value is -1.76. The van der Waals surface area contributed by atoms with Crippen LogP contribution in [-0.2, 0) is 0 Å². The number of anilines is 1. The average Bonchev–Trinajstić information content (AvgIpc) is 2.28. The molecule has 0 aliphatic rings. The lowest BCUT2D eigenvalue weighted by atomic mass is 10.2. The molecule has 0 fully saturated rings. The molecule has 0 bridgehead atoms. The normalized spacial score (nSPS) is 11.9. The van der Waals surface area contributed by atoms with Gasteiger partial charge in [0.25, 0.3) is 0 Å². The molecular formula is C13H19N3O. The van der Waals surface area contributed by atoms with Crippen molar-refractivity contribution in [3.05, 3.63) is 12.3 Å². The number of rotatable bonds is 6. The molecule has 0 radical (unpaired) electrons. The molecule has 4 nitrogen and oxygen atoms in total. The quantitative estimate of drug-likeness (QED) is 0.767. The Bertz CT molecular complexity index is 384. The first kappa shape index (κ1) is 13.3.